The average molecular weight is 1440 g/mol. The van der Waals surface area contributed by atoms with Gasteiger partial charge in [0.15, 0.2) is 12.2 Å². The van der Waals surface area contributed by atoms with Crippen molar-refractivity contribution < 1.29 is 80.2 Å². The van der Waals surface area contributed by atoms with Crippen LogP contribution < -0.4 is 0 Å². The third-order valence-corrected chi connectivity index (χ3v) is 20.6. The number of unbranched alkanes of at least 4 members (excludes halogenated alkanes) is 41. The van der Waals surface area contributed by atoms with Gasteiger partial charge in [0.25, 0.3) is 0 Å². The molecule has 0 heterocycles. The maximum absolute atomic E-state index is 13.1. The van der Waals surface area contributed by atoms with E-state index in [9.17, 15) is 43.2 Å². The molecule has 0 aromatic rings. The Morgan fingerprint density at radius 2 is 0.490 bits per heavy atom. The van der Waals surface area contributed by atoms with Gasteiger partial charge in [0.1, 0.15) is 19.3 Å². The van der Waals surface area contributed by atoms with Crippen LogP contribution >= 0.6 is 15.6 Å². The van der Waals surface area contributed by atoms with Crippen LogP contribution in [0.5, 0.6) is 0 Å². The van der Waals surface area contributed by atoms with E-state index in [1.165, 1.54) is 199 Å². The lowest BCUT2D eigenvalue weighted by atomic mass is 10.00. The van der Waals surface area contributed by atoms with Gasteiger partial charge in [0, 0.05) is 25.7 Å². The quantitative estimate of drug-likeness (QED) is 0.0222. The smallest absolute Gasteiger partial charge is 0.462 e. The van der Waals surface area contributed by atoms with Crippen LogP contribution in [0.4, 0.5) is 0 Å². The van der Waals surface area contributed by atoms with Crippen molar-refractivity contribution in [1.29, 1.82) is 0 Å². The average Bonchev–Trinajstić information content (AvgIpc) is 0.933. The Morgan fingerprint density at radius 1 is 0.286 bits per heavy atom. The van der Waals surface area contributed by atoms with Gasteiger partial charge in [-0.1, -0.05) is 351 Å². The molecule has 3 unspecified atom stereocenters. The number of hydrogen-bond donors (Lipinski definition) is 3. The van der Waals surface area contributed by atoms with Gasteiger partial charge in [-0.15, -0.1) is 0 Å². The van der Waals surface area contributed by atoms with Gasteiger partial charge in [0.2, 0.25) is 0 Å². The summed E-state index contributed by atoms with van der Waals surface area (Å²) in [4.78, 5) is 72.9. The monoisotopic (exact) mass is 1440 g/mol. The fraction of sp³-hybridized carbons (Fsp3) is 0.949. The fourth-order valence-corrected chi connectivity index (χ4v) is 13.6. The number of esters is 4. The summed E-state index contributed by atoms with van der Waals surface area (Å²) in [7, 11) is -9.92. The second-order valence-corrected chi connectivity index (χ2v) is 33.0. The van der Waals surface area contributed by atoms with Gasteiger partial charge >= 0.3 is 39.5 Å². The second kappa shape index (κ2) is 68.2. The van der Waals surface area contributed by atoms with Crippen LogP contribution in [0, 0.1) is 23.7 Å². The first-order valence-electron chi connectivity index (χ1n) is 40.7. The second-order valence-electron chi connectivity index (χ2n) is 30.1. The lowest BCUT2D eigenvalue weighted by molar-refractivity contribution is -0.161. The van der Waals surface area contributed by atoms with Crippen LogP contribution in [0.25, 0.3) is 0 Å². The van der Waals surface area contributed by atoms with Crippen molar-refractivity contribution in [3.8, 4) is 0 Å². The highest BCUT2D eigenvalue weighted by molar-refractivity contribution is 7.47. The summed E-state index contributed by atoms with van der Waals surface area (Å²) in [6.45, 7) is 14.2. The highest BCUT2D eigenvalue weighted by Crippen LogP contribution is 2.45. The van der Waals surface area contributed by atoms with Gasteiger partial charge in [0.05, 0.1) is 26.4 Å². The zero-order valence-electron chi connectivity index (χ0n) is 64.4. The first kappa shape index (κ1) is 96.1. The third-order valence-electron chi connectivity index (χ3n) is 18.7. The van der Waals surface area contributed by atoms with E-state index in [0.29, 0.717) is 25.7 Å². The number of carbonyl (C=O) groups is 4. The van der Waals surface area contributed by atoms with E-state index in [4.69, 9.17) is 37.0 Å². The van der Waals surface area contributed by atoms with Crippen molar-refractivity contribution in [3.05, 3.63) is 0 Å². The molecule has 0 aromatic heterocycles. The molecule has 0 saturated heterocycles. The first-order valence-corrected chi connectivity index (χ1v) is 43.7. The van der Waals surface area contributed by atoms with Gasteiger partial charge in [-0.2, -0.15) is 0 Å². The normalized spacial score (nSPS) is 14.3. The minimum absolute atomic E-state index is 0.104. The highest BCUT2D eigenvalue weighted by Gasteiger charge is 2.30. The summed E-state index contributed by atoms with van der Waals surface area (Å²) >= 11 is 0. The summed E-state index contributed by atoms with van der Waals surface area (Å²) in [5.74, 6) is 0.945. The molecular weight excluding hydrogens is 1280 g/mol. The molecule has 98 heavy (non-hydrogen) atoms. The molecule has 0 rings (SSSR count). The summed E-state index contributed by atoms with van der Waals surface area (Å²) < 4.78 is 68.6. The van der Waals surface area contributed by atoms with Crippen LogP contribution in [-0.4, -0.2) is 96.7 Å². The minimum Gasteiger partial charge on any atom is -0.462 e. The maximum atomic E-state index is 13.1. The Bertz CT molecular complexity index is 1920. The number of aliphatic hydroxyl groups is 1. The lowest BCUT2D eigenvalue weighted by Crippen LogP contribution is -2.30. The van der Waals surface area contributed by atoms with Crippen molar-refractivity contribution in [2.75, 3.05) is 39.6 Å². The molecule has 0 aromatic carbocycles. The Labute approximate surface area is 600 Å². The Morgan fingerprint density at radius 3 is 0.724 bits per heavy atom. The number of phosphoric ester groups is 2. The Kier molecular flexibility index (Phi) is 66.8. The van der Waals surface area contributed by atoms with E-state index in [1.807, 2.05) is 0 Å². The molecule has 0 aliphatic rings. The molecule has 0 spiro atoms. The van der Waals surface area contributed by atoms with Crippen molar-refractivity contribution in [3.63, 3.8) is 0 Å². The number of ether oxygens (including phenoxy) is 4. The third kappa shape index (κ3) is 71.1. The molecular formula is C79H154O17P2. The molecule has 0 fully saturated rings. The molecule has 0 bridgehead atoms. The Hall–Kier alpha value is -1.94. The summed E-state index contributed by atoms with van der Waals surface area (Å²) in [5, 5.41) is 10.6. The molecule has 0 amide bonds. The Balaban J connectivity index is 5.19. The molecule has 6 atom stereocenters. The van der Waals surface area contributed by atoms with Crippen LogP contribution in [0.3, 0.4) is 0 Å². The van der Waals surface area contributed by atoms with Crippen LogP contribution in [-0.2, 0) is 65.4 Å². The van der Waals surface area contributed by atoms with E-state index in [-0.39, 0.29) is 25.7 Å². The van der Waals surface area contributed by atoms with E-state index >= 15 is 0 Å². The van der Waals surface area contributed by atoms with E-state index in [2.05, 4.69) is 55.4 Å². The summed E-state index contributed by atoms with van der Waals surface area (Å²) in [5.41, 5.74) is 0. The van der Waals surface area contributed by atoms with E-state index in [1.54, 1.807) is 0 Å². The maximum Gasteiger partial charge on any atom is 0.472 e. The molecule has 19 heteroatoms. The van der Waals surface area contributed by atoms with Gasteiger partial charge in [-0.25, -0.2) is 9.13 Å². The van der Waals surface area contributed by atoms with Gasteiger partial charge in [-0.05, 0) is 49.4 Å². The van der Waals surface area contributed by atoms with Crippen molar-refractivity contribution in [2.45, 2.75) is 420 Å². The predicted octanol–water partition coefficient (Wildman–Crippen LogP) is 23.2. The van der Waals surface area contributed by atoms with Gasteiger partial charge < -0.3 is 33.8 Å². The van der Waals surface area contributed by atoms with Crippen LogP contribution in [0.2, 0.25) is 0 Å². The molecule has 17 nitrogen and oxygen atoms in total. The lowest BCUT2D eigenvalue weighted by Gasteiger charge is -2.21. The van der Waals surface area contributed by atoms with E-state index in [0.717, 1.165) is 120 Å². The number of carbonyl (C=O) groups excluding carboxylic acids is 4. The number of hydrogen-bond acceptors (Lipinski definition) is 15. The van der Waals surface area contributed by atoms with E-state index < -0.39 is 97.5 Å². The summed E-state index contributed by atoms with van der Waals surface area (Å²) in [6.07, 6.45) is 54.3. The zero-order chi connectivity index (χ0) is 72.4. The largest absolute Gasteiger partial charge is 0.472 e. The topological polar surface area (TPSA) is 237 Å². The standard InChI is InChI=1S/C79H154O17P2/c1-9-72(8)58-50-42-37-38-44-52-60-77(82)90-66-75(95-78(83)61-53-45-35-28-24-20-15-11-10-13-17-21-25-31-39-47-55-69(2)3)68-94-98(87,88)92-64-73(80)63-91-97(85,86)93-67-74(96-79(84)62-54-46-36-30-29-33-41-49-57-71(6)7)65-89-76(81)59-51-43-34-27-23-19-16-12-14-18-22-26-32-40-48-56-70(4)5/h69-75,80H,9-68H2,1-8H3,(H,85,86)(H,87,88)/t72?,73-,74-,75-/m1/s1. The highest BCUT2D eigenvalue weighted by atomic mass is 31.2. The number of rotatable bonds is 76. The molecule has 582 valence electrons. The summed E-state index contributed by atoms with van der Waals surface area (Å²) in [6, 6.07) is 0. The van der Waals surface area contributed by atoms with Gasteiger partial charge in [-0.3, -0.25) is 37.3 Å². The zero-order valence-corrected chi connectivity index (χ0v) is 66.2. The fourth-order valence-electron chi connectivity index (χ4n) is 12.0. The molecule has 0 saturated carbocycles. The van der Waals surface area contributed by atoms with Crippen molar-refractivity contribution in [1.82, 2.24) is 0 Å². The van der Waals surface area contributed by atoms with Crippen LogP contribution in [0.1, 0.15) is 402 Å². The minimum atomic E-state index is -4.96. The SMILES string of the molecule is CCC(C)CCCCCCCCC(=O)OC[C@H](COP(=O)(O)OC[C@H](O)COP(=O)(O)OC[C@@H](COC(=O)CCCCCCCCCCCCCCCCCC(C)C)OC(=O)CCCCCCCCCCC(C)C)OC(=O)CCCCCCCCCCCCCCCCCCC(C)C. The number of aliphatic hydroxyl groups excluding tert-OH is 1. The molecule has 3 N–H and O–H groups in total. The first-order chi connectivity index (χ1) is 47.1. The molecule has 0 radical (unpaired) electrons. The number of phosphoric acid groups is 2. The predicted molar refractivity (Wildman–Crippen MR) is 400 cm³/mol. The van der Waals surface area contributed by atoms with Crippen LogP contribution in [0.15, 0.2) is 0 Å². The van der Waals surface area contributed by atoms with Crippen molar-refractivity contribution in [2.24, 2.45) is 23.7 Å². The molecule has 0 aliphatic heterocycles. The molecule has 0 aliphatic carbocycles. The van der Waals surface area contributed by atoms with Crippen molar-refractivity contribution >= 4 is 39.5 Å².